The molecule has 1 aromatic carbocycles. The molecule has 0 atom stereocenters. The van der Waals surface area contributed by atoms with Gasteiger partial charge >= 0.3 is 0 Å². The topological polar surface area (TPSA) is 79.0 Å². The summed E-state index contributed by atoms with van der Waals surface area (Å²) in [6.07, 6.45) is 0. The van der Waals surface area contributed by atoms with E-state index < -0.39 is 10.0 Å². The molecule has 2 rings (SSSR count). The van der Waals surface area contributed by atoms with Crippen LogP contribution in [0.25, 0.3) is 0 Å². The van der Waals surface area contributed by atoms with E-state index in [0.29, 0.717) is 18.7 Å². The normalized spacial score (nSPS) is 16.4. The van der Waals surface area contributed by atoms with E-state index in [1.807, 2.05) is 7.05 Å². The third kappa shape index (κ3) is 4.01. The quantitative estimate of drug-likeness (QED) is 0.838. The SMILES string of the molecule is CCNS(=O)(=O)c1cc(C(=O)N2CCN(C)CC2)ccc1OC. The van der Waals surface area contributed by atoms with Crippen molar-refractivity contribution in [2.75, 3.05) is 46.9 Å². The van der Waals surface area contributed by atoms with Crippen LogP contribution in [0.4, 0.5) is 0 Å². The second-order valence-electron chi connectivity index (χ2n) is 5.46. The molecular formula is C15H23N3O4S. The molecule has 128 valence electrons. The number of nitrogens with zero attached hydrogens (tertiary/aromatic N) is 2. The summed E-state index contributed by atoms with van der Waals surface area (Å²) in [6, 6.07) is 4.51. The summed E-state index contributed by atoms with van der Waals surface area (Å²) < 4.78 is 32.1. The molecule has 0 spiro atoms. The second-order valence-corrected chi connectivity index (χ2v) is 7.20. The summed E-state index contributed by atoms with van der Waals surface area (Å²) in [7, 11) is -0.287. The number of methoxy groups -OCH3 is 1. The maximum Gasteiger partial charge on any atom is 0.253 e. The highest BCUT2D eigenvalue weighted by Crippen LogP contribution is 2.25. The van der Waals surface area contributed by atoms with Crippen LogP contribution in [-0.4, -0.2) is 71.0 Å². The van der Waals surface area contributed by atoms with Crippen molar-refractivity contribution in [3.63, 3.8) is 0 Å². The monoisotopic (exact) mass is 341 g/mol. The van der Waals surface area contributed by atoms with E-state index in [1.165, 1.54) is 19.2 Å². The molecule has 1 fully saturated rings. The molecule has 0 aliphatic carbocycles. The van der Waals surface area contributed by atoms with Crippen molar-refractivity contribution in [3.8, 4) is 5.75 Å². The molecule has 23 heavy (non-hydrogen) atoms. The van der Waals surface area contributed by atoms with Gasteiger partial charge in [0.15, 0.2) is 0 Å². The van der Waals surface area contributed by atoms with E-state index >= 15 is 0 Å². The maximum absolute atomic E-state index is 12.6. The molecule has 1 N–H and O–H groups in total. The molecule has 7 nitrogen and oxygen atoms in total. The lowest BCUT2D eigenvalue weighted by Crippen LogP contribution is -2.47. The fourth-order valence-corrected chi connectivity index (χ4v) is 3.71. The van der Waals surface area contributed by atoms with Gasteiger partial charge in [-0.3, -0.25) is 4.79 Å². The first-order chi connectivity index (χ1) is 10.9. The molecule has 0 radical (unpaired) electrons. The Labute approximate surface area is 137 Å². The van der Waals surface area contributed by atoms with Gasteiger partial charge in [-0.15, -0.1) is 0 Å². The van der Waals surface area contributed by atoms with Crippen molar-refractivity contribution < 1.29 is 17.9 Å². The number of nitrogens with one attached hydrogen (secondary N) is 1. The minimum absolute atomic E-state index is 0.0122. The van der Waals surface area contributed by atoms with E-state index in [2.05, 4.69) is 9.62 Å². The van der Waals surface area contributed by atoms with Crippen LogP contribution in [0, 0.1) is 0 Å². The van der Waals surface area contributed by atoms with Crippen LogP contribution in [-0.2, 0) is 10.0 Å². The van der Waals surface area contributed by atoms with Crippen LogP contribution in [0.3, 0.4) is 0 Å². The molecule has 1 amide bonds. The Morgan fingerprint density at radius 1 is 1.26 bits per heavy atom. The van der Waals surface area contributed by atoms with Crippen molar-refractivity contribution in [2.45, 2.75) is 11.8 Å². The Kier molecular flexibility index (Phi) is 5.61. The van der Waals surface area contributed by atoms with Crippen LogP contribution < -0.4 is 9.46 Å². The van der Waals surface area contributed by atoms with Crippen molar-refractivity contribution in [1.82, 2.24) is 14.5 Å². The first-order valence-electron chi connectivity index (χ1n) is 7.54. The lowest BCUT2D eigenvalue weighted by molar-refractivity contribution is 0.0664. The molecule has 0 bridgehead atoms. The van der Waals surface area contributed by atoms with E-state index in [4.69, 9.17) is 4.74 Å². The molecule has 0 unspecified atom stereocenters. The van der Waals surface area contributed by atoms with Gasteiger partial charge in [0, 0.05) is 38.3 Å². The lowest BCUT2D eigenvalue weighted by atomic mass is 10.1. The second kappa shape index (κ2) is 7.29. The summed E-state index contributed by atoms with van der Waals surface area (Å²) in [5.74, 6) is 0.0644. The van der Waals surface area contributed by atoms with Crippen LogP contribution in [0.15, 0.2) is 23.1 Å². The smallest absolute Gasteiger partial charge is 0.253 e. The van der Waals surface area contributed by atoms with Crippen molar-refractivity contribution in [2.24, 2.45) is 0 Å². The predicted molar refractivity (Wildman–Crippen MR) is 87.3 cm³/mol. The molecule has 1 aliphatic rings. The first kappa shape index (κ1) is 17.7. The molecule has 1 aliphatic heterocycles. The minimum Gasteiger partial charge on any atom is -0.495 e. The van der Waals surface area contributed by atoms with Gasteiger partial charge in [0.1, 0.15) is 10.6 Å². The number of rotatable bonds is 5. The highest BCUT2D eigenvalue weighted by atomic mass is 32.2. The fraction of sp³-hybridized carbons (Fsp3) is 0.533. The van der Waals surface area contributed by atoms with E-state index in [0.717, 1.165) is 13.1 Å². The predicted octanol–water partition coefficient (Wildman–Crippen LogP) is 0.381. The highest BCUT2D eigenvalue weighted by molar-refractivity contribution is 7.89. The number of amides is 1. The summed E-state index contributed by atoms with van der Waals surface area (Å²) in [6.45, 7) is 4.85. The minimum atomic E-state index is -3.70. The van der Waals surface area contributed by atoms with E-state index in [-0.39, 0.29) is 23.1 Å². The maximum atomic E-state index is 12.6. The van der Waals surface area contributed by atoms with Gasteiger partial charge in [-0.05, 0) is 25.2 Å². The molecular weight excluding hydrogens is 318 g/mol. The number of piperazine rings is 1. The Balaban J connectivity index is 2.32. The highest BCUT2D eigenvalue weighted by Gasteiger charge is 2.24. The molecule has 8 heteroatoms. The van der Waals surface area contributed by atoms with Crippen molar-refractivity contribution >= 4 is 15.9 Å². The number of likely N-dealkylation sites (N-methyl/N-ethyl adjacent to an activating group) is 1. The summed E-state index contributed by atoms with van der Waals surface area (Å²) in [5, 5.41) is 0. The van der Waals surface area contributed by atoms with Gasteiger partial charge in [-0.25, -0.2) is 13.1 Å². The average molecular weight is 341 g/mol. The number of hydrogen-bond donors (Lipinski definition) is 1. The lowest BCUT2D eigenvalue weighted by Gasteiger charge is -2.32. The zero-order valence-corrected chi connectivity index (χ0v) is 14.5. The largest absolute Gasteiger partial charge is 0.495 e. The standard InChI is InChI=1S/C15H23N3O4S/c1-4-16-23(20,21)14-11-12(5-6-13(14)22-3)15(19)18-9-7-17(2)8-10-18/h5-6,11,16H,4,7-10H2,1-3H3. The molecule has 1 saturated heterocycles. The zero-order valence-electron chi connectivity index (χ0n) is 13.7. The van der Waals surface area contributed by atoms with Gasteiger partial charge in [-0.1, -0.05) is 6.92 Å². The van der Waals surface area contributed by atoms with Gasteiger partial charge < -0.3 is 14.5 Å². The third-order valence-electron chi connectivity index (χ3n) is 3.82. The van der Waals surface area contributed by atoms with Crippen molar-refractivity contribution in [1.29, 1.82) is 0 Å². The van der Waals surface area contributed by atoms with Crippen LogP contribution in [0.5, 0.6) is 5.75 Å². The summed E-state index contributed by atoms with van der Waals surface area (Å²) >= 11 is 0. The van der Waals surface area contributed by atoms with E-state index in [1.54, 1.807) is 17.9 Å². The van der Waals surface area contributed by atoms with Crippen molar-refractivity contribution in [3.05, 3.63) is 23.8 Å². The molecule has 0 aromatic heterocycles. The van der Waals surface area contributed by atoms with Crippen LogP contribution in [0.2, 0.25) is 0 Å². The molecule has 0 saturated carbocycles. The number of hydrogen-bond acceptors (Lipinski definition) is 5. The third-order valence-corrected chi connectivity index (χ3v) is 5.39. The summed E-state index contributed by atoms with van der Waals surface area (Å²) in [5.41, 5.74) is 0.354. The van der Waals surface area contributed by atoms with Gasteiger partial charge in [0.2, 0.25) is 10.0 Å². The summed E-state index contributed by atoms with van der Waals surface area (Å²) in [4.78, 5) is 16.5. The fourth-order valence-electron chi connectivity index (χ4n) is 2.48. The van der Waals surface area contributed by atoms with Gasteiger partial charge in [0.25, 0.3) is 5.91 Å². The Morgan fingerprint density at radius 2 is 1.91 bits per heavy atom. The van der Waals surface area contributed by atoms with Gasteiger partial charge in [-0.2, -0.15) is 0 Å². The van der Waals surface area contributed by atoms with Crippen LogP contribution >= 0.6 is 0 Å². The number of sulfonamides is 1. The number of carbonyl (C=O) groups excluding carboxylic acids is 1. The van der Waals surface area contributed by atoms with Gasteiger partial charge in [0.05, 0.1) is 7.11 Å². The van der Waals surface area contributed by atoms with Crippen LogP contribution in [0.1, 0.15) is 17.3 Å². The number of ether oxygens (including phenoxy) is 1. The Bertz CT molecular complexity index is 667. The Hall–Kier alpha value is -1.64. The van der Waals surface area contributed by atoms with E-state index in [9.17, 15) is 13.2 Å². The first-order valence-corrected chi connectivity index (χ1v) is 9.03. The average Bonchev–Trinajstić information content (AvgIpc) is 2.54. The molecule has 1 aromatic rings. The number of benzene rings is 1. The molecule has 1 heterocycles. The zero-order chi connectivity index (χ0) is 17.0. The Morgan fingerprint density at radius 3 is 2.48 bits per heavy atom. The number of carbonyl (C=O) groups is 1.